The van der Waals surface area contributed by atoms with Crippen LogP contribution >= 0.6 is 35.3 Å². The van der Waals surface area contributed by atoms with Gasteiger partial charge in [0.05, 0.1) is 12.6 Å². The lowest BCUT2D eigenvalue weighted by Gasteiger charge is -2.22. The SMILES string of the molecule is CCNC(=NCc1ncc(C)s1)NCCCOC1CCCCC1.I. The van der Waals surface area contributed by atoms with Crippen molar-refractivity contribution in [3.05, 3.63) is 16.1 Å². The molecule has 0 saturated heterocycles. The Balaban J connectivity index is 0.00000288. The first-order valence-electron chi connectivity index (χ1n) is 8.83. The third-order valence-corrected chi connectivity index (χ3v) is 4.80. The van der Waals surface area contributed by atoms with E-state index in [0.717, 1.165) is 37.1 Å². The molecular formula is C17H31IN4OS. The molecule has 1 aromatic heterocycles. The predicted octanol–water partition coefficient (Wildman–Crippen LogP) is 3.86. The molecule has 1 fully saturated rings. The number of rotatable bonds is 8. The lowest BCUT2D eigenvalue weighted by Crippen LogP contribution is -2.38. The van der Waals surface area contributed by atoms with Gasteiger partial charge < -0.3 is 15.4 Å². The van der Waals surface area contributed by atoms with Crippen molar-refractivity contribution >= 4 is 41.3 Å². The Bertz CT molecular complexity index is 475. The number of halogens is 1. The molecule has 1 aliphatic carbocycles. The number of hydrogen-bond donors (Lipinski definition) is 2. The van der Waals surface area contributed by atoms with Crippen molar-refractivity contribution in [3.8, 4) is 0 Å². The molecular weight excluding hydrogens is 435 g/mol. The summed E-state index contributed by atoms with van der Waals surface area (Å²) in [4.78, 5) is 10.2. The van der Waals surface area contributed by atoms with E-state index in [1.54, 1.807) is 11.3 Å². The van der Waals surface area contributed by atoms with Crippen LogP contribution in [0.5, 0.6) is 0 Å². The summed E-state index contributed by atoms with van der Waals surface area (Å²) in [6, 6.07) is 0. The highest BCUT2D eigenvalue weighted by atomic mass is 127. The van der Waals surface area contributed by atoms with Gasteiger partial charge >= 0.3 is 0 Å². The summed E-state index contributed by atoms with van der Waals surface area (Å²) >= 11 is 1.70. The topological polar surface area (TPSA) is 58.5 Å². The molecule has 0 spiro atoms. The van der Waals surface area contributed by atoms with Crippen molar-refractivity contribution in [2.75, 3.05) is 19.7 Å². The van der Waals surface area contributed by atoms with E-state index in [9.17, 15) is 0 Å². The van der Waals surface area contributed by atoms with Crippen LogP contribution in [0.15, 0.2) is 11.2 Å². The maximum atomic E-state index is 5.95. The van der Waals surface area contributed by atoms with Crippen LogP contribution in [0.4, 0.5) is 0 Å². The first kappa shape index (κ1) is 21.6. The van der Waals surface area contributed by atoms with Crippen LogP contribution < -0.4 is 10.6 Å². The third kappa shape index (κ3) is 8.62. The quantitative estimate of drug-likeness (QED) is 0.264. The first-order valence-corrected chi connectivity index (χ1v) is 9.64. The second-order valence-electron chi connectivity index (χ2n) is 5.97. The summed E-state index contributed by atoms with van der Waals surface area (Å²) in [6.45, 7) is 7.36. The number of nitrogens with one attached hydrogen (secondary N) is 2. The molecule has 0 radical (unpaired) electrons. The monoisotopic (exact) mass is 466 g/mol. The zero-order valence-electron chi connectivity index (χ0n) is 14.8. The van der Waals surface area contributed by atoms with Crippen molar-refractivity contribution in [2.24, 2.45) is 4.99 Å². The minimum absolute atomic E-state index is 0. The van der Waals surface area contributed by atoms with Crippen LogP contribution in [0.3, 0.4) is 0 Å². The van der Waals surface area contributed by atoms with Gasteiger partial charge in [0.1, 0.15) is 5.01 Å². The first-order chi connectivity index (χ1) is 11.3. The van der Waals surface area contributed by atoms with Gasteiger partial charge in [-0.15, -0.1) is 35.3 Å². The Morgan fingerprint density at radius 2 is 2.12 bits per heavy atom. The molecule has 7 heteroatoms. The van der Waals surface area contributed by atoms with Crippen molar-refractivity contribution < 1.29 is 4.74 Å². The Hall–Kier alpha value is -0.410. The van der Waals surface area contributed by atoms with E-state index < -0.39 is 0 Å². The van der Waals surface area contributed by atoms with E-state index in [1.165, 1.54) is 37.0 Å². The number of hydrogen-bond acceptors (Lipinski definition) is 4. The highest BCUT2D eigenvalue weighted by Gasteiger charge is 2.12. The summed E-state index contributed by atoms with van der Waals surface area (Å²) in [5.74, 6) is 0.859. The zero-order valence-corrected chi connectivity index (χ0v) is 18.0. The Morgan fingerprint density at radius 3 is 2.79 bits per heavy atom. The second-order valence-corrected chi connectivity index (χ2v) is 7.29. The van der Waals surface area contributed by atoms with Gasteiger partial charge in [-0.1, -0.05) is 19.3 Å². The molecule has 0 atom stereocenters. The van der Waals surface area contributed by atoms with E-state index in [-0.39, 0.29) is 24.0 Å². The van der Waals surface area contributed by atoms with Gasteiger partial charge in [0, 0.05) is 30.8 Å². The zero-order chi connectivity index (χ0) is 16.3. The average molecular weight is 466 g/mol. The number of nitrogens with zero attached hydrogens (tertiary/aromatic N) is 2. The molecule has 0 bridgehead atoms. The summed E-state index contributed by atoms with van der Waals surface area (Å²) in [7, 11) is 0. The van der Waals surface area contributed by atoms with Gasteiger partial charge in [-0.25, -0.2) is 9.98 Å². The third-order valence-electron chi connectivity index (χ3n) is 3.91. The van der Waals surface area contributed by atoms with Gasteiger partial charge in [-0.05, 0) is 33.1 Å². The molecule has 0 amide bonds. The molecule has 2 rings (SSSR count). The van der Waals surface area contributed by atoms with Gasteiger partial charge in [0.15, 0.2) is 5.96 Å². The average Bonchev–Trinajstić information content (AvgIpc) is 2.98. The minimum atomic E-state index is 0. The summed E-state index contributed by atoms with van der Waals surface area (Å²) in [6.07, 6.45) is 9.93. The Morgan fingerprint density at radius 1 is 1.33 bits per heavy atom. The molecule has 1 heterocycles. The van der Waals surface area contributed by atoms with Gasteiger partial charge in [0.2, 0.25) is 0 Å². The predicted molar refractivity (Wildman–Crippen MR) is 113 cm³/mol. The summed E-state index contributed by atoms with van der Waals surface area (Å²) in [5.41, 5.74) is 0. The standard InChI is InChI=1S/C17H30N4OS.HI/c1-3-18-17(21-13-16-20-12-14(2)23-16)19-10-7-11-22-15-8-5-4-6-9-15;/h12,15H,3-11,13H2,1-2H3,(H2,18,19,21);1H. The molecule has 138 valence electrons. The van der Waals surface area contributed by atoms with E-state index in [0.29, 0.717) is 12.6 Å². The number of thiazole rings is 1. The normalized spacial score (nSPS) is 15.8. The molecule has 1 aliphatic rings. The number of ether oxygens (including phenoxy) is 1. The molecule has 0 aliphatic heterocycles. The molecule has 0 aromatic carbocycles. The molecule has 1 aromatic rings. The van der Waals surface area contributed by atoms with Crippen molar-refractivity contribution in [1.82, 2.24) is 15.6 Å². The summed E-state index contributed by atoms with van der Waals surface area (Å²) in [5, 5.41) is 7.70. The molecule has 1 saturated carbocycles. The largest absolute Gasteiger partial charge is 0.378 e. The van der Waals surface area contributed by atoms with Crippen LogP contribution in [0.2, 0.25) is 0 Å². The maximum Gasteiger partial charge on any atom is 0.191 e. The minimum Gasteiger partial charge on any atom is -0.378 e. The van der Waals surface area contributed by atoms with Crippen LogP contribution in [0.25, 0.3) is 0 Å². The molecule has 24 heavy (non-hydrogen) atoms. The van der Waals surface area contributed by atoms with E-state index in [2.05, 4.69) is 34.5 Å². The number of aryl methyl sites for hydroxylation is 1. The molecule has 0 unspecified atom stereocenters. The highest BCUT2D eigenvalue weighted by Crippen LogP contribution is 2.20. The van der Waals surface area contributed by atoms with E-state index >= 15 is 0 Å². The number of aromatic nitrogens is 1. The van der Waals surface area contributed by atoms with Crippen LogP contribution in [0.1, 0.15) is 55.3 Å². The fraction of sp³-hybridized carbons (Fsp3) is 0.765. The van der Waals surface area contributed by atoms with Crippen LogP contribution in [-0.4, -0.2) is 36.7 Å². The fourth-order valence-corrected chi connectivity index (χ4v) is 3.44. The van der Waals surface area contributed by atoms with E-state index in [4.69, 9.17) is 4.74 Å². The lowest BCUT2D eigenvalue weighted by molar-refractivity contribution is 0.0277. The maximum absolute atomic E-state index is 5.95. The number of aliphatic imine (C=N–C) groups is 1. The van der Waals surface area contributed by atoms with Crippen molar-refractivity contribution in [1.29, 1.82) is 0 Å². The van der Waals surface area contributed by atoms with Crippen molar-refractivity contribution in [3.63, 3.8) is 0 Å². The van der Waals surface area contributed by atoms with Gasteiger partial charge in [-0.2, -0.15) is 0 Å². The van der Waals surface area contributed by atoms with Crippen LogP contribution in [0, 0.1) is 6.92 Å². The second kappa shape index (κ2) is 12.9. The highest BCUT2D eigenvalue weighted by molar-refractivity contribution is 14.0. The Labute approximate surface area is 167 Å². The summed E-state index contributed by atoms with van der Waals surface area (Å²) < 4.78 is 5.95. The molecule has 2 N–H and O–H groups in total. The molecule has 5 nitrogen and oxygen atoms in total. The Kier molecular flexibility index (Phi) is 11.6. The van der Waals surface area contributed by atoms with Gasteiger partial charge in [-0.3, -0.25) is 0 Å². The van der Waals surface area contributed by atoms with E-state index in [1.807, 2.05) is 6.20 Å². The van der Waals surface area contributed by atoms with Crippen molar-refractivity contribution in [2.45, 2.75) is 65.0 Å². The smallest absolute Gasteiger partial charge is 0.191 e. The number of guanidine groups is 1. The fourth-order valence-electron chi connectivity index (χ4n) is 2.72. The van der Waals surface area contributed by atoms with Gasteiger partial charge in [0.25, 0.3) is 0 Å². The van der Waals surface area contributed by atoms with Crippen LogP contribution in [-0.2, 0) is 11.3 Å². The lowest BCUT2D eigenvalue weighted by atomic mass is 9.98.